The molecule has 0 aromatic carbocycles. The van der Waals surface area contributed by atoms with E-state index in [2.05, 4.69) is 25.7 Å². The van der Waals surface area contributed by atoms with E-state index in [0.717, 1.165) is 19.1 Å². The minimum atomic E-state index is 0.252. The van der Waals surface area contributed by atoms with Crippen LogP contribution < -0.4 is 5.73 Å². The predicted octanol–water partition coefficient (Wildman–Crippen LogP) is 3.55. The quantitative estimate of drug-likeness (QED) is 0.592. The van der Waals surface area contributed by atoms with Gasteiger partial charge in [0.2, 0.25) is 0 Å². The van der Waals surface area contributed by atoms with E-state index in [9.17, 15) is 0 Å². The van der Waals surface area contributed by atoms with Gasteiger partial charge in [-0.3, -0.25) is 4.90 Å². The molecule has 0 saturated heterocycles. The van der Waals surface area contributed by atoms with Crippen molar-refractivity contribution < 1.29 is 0 Å². The Kier molecular flexibility index (Phi) is 6.50. The van der Waals surface area contributed by atoms with Gasteiger partial charge in [0.1, 0.15) is 0 Å². The number of unbranched alkanes of at least 4 members (excludes halogenated alkanes) is 4. The molecule has 1 fully saturated rings. The first-order valence-electron chi connectivity index (χ1n) is 7.64. The van der Waals surface area contributed by atoms with Gasteiger partial charge in [-0.2, -0.15) is 0 Å². The topological polar surface area (TPSA) is 29.3 Å². The van der Waals surface area contributed by atoms with Gasteiger partial charge in [0.15, 0.2) is 0 Å². The normalized spacial score (nSPS) is 19.6. The summed E-state index contributed by atoms with van der Waals surface area (Å²) in [5.74, 6) is 0. The fraction of sp³-hybridized carbons (Fsp3) is 1.00. The summed E-state index contributed by atoms with van der Waals surface area (Å²) in [6.07, 6.45) is 10.9. The molecule has 1 aliphatic carbocycles. The molecule has 0 aromatic rings. The second-order valence-electron chi connectivity index (χ2n) is 5.88. The average Bonchev–Trinajstić information content (AvgIpc) is 3.14. The maximum atomic E-state index is 6.05. The highest BCUT2D eigenvalue weighted by molar-refractivity contribution is 4.96. The largest absolute Gasteiger partial charge is 0.329 e. The highest BCUT2D eigenvalue weighted by atomic mass is 15.2. The molecule has 1 rings (SSSR count). The summed E-state index contributed by atoms with van der Waals surface area (Å²) in [7, 11) is 0. The fourth-order valence-corrected chi connectivity index (χ4v) is 2.94. The monoisotopic (exact) mass is 240 g/mol. The first-order valence-corrected chi connectivity index (χ1v) is 7.64. The van der Waals surface area contributed by atoms with E-state index < -0.39 is 0 Å². The van der Waals surface area contributed by atoms with Crippen LogP contribution in [0, 0.1) is 0 Å². The number of nitrogens with zero attached hydrogens (tertiary/aromatic N) is 1. The average molecular weight is 240 g/mol. The molecule has 0 amide bonds. The van der Waals surface area contributed by atoms with E-state index in [1.807, 2.05) is 0 Å². The van der Waals surface area contributed by atoms with E-state index in [1.54, 1.807) is 0 Å². The Morgan fingerprint density at radius 2 is 1.76 bits per heavy atom. The molecule has 2 nitrogen and oxygen atoms in total. The Balaban J connectivity index is 2.32. The van der Waals surface area contributed by atoms with Crippen molar-refractivity contribution in [3.8, 4) is 0 Å². The third-order valence-corrected chi connectivity index (χ3v) is 4.28. The van der Waals surface area contributed by atoms with Crippen LogP contribution in [-0.2, 0) is 0 Å². The fourth-order valence-electron chi connectivity index (χ4n) is 2.94. The Bertz CT molecular complexity index is 201. The highest BCUT2D eigenvalue weighted by Crippen LogP contribution is 2.34. The summed E-state index contributed by atoms with van der Waals surface area (Å²) < 4.78 is 0. The summed E-state index contributed by atoms with van der Waals surface area (Å²) in [4.78, 5) is 2.66. The van der Waals surface area contributed by atoms with Crippen molar-refractivity contribution in [2.75, 3.05) is 13.1 Å². The van der Waals surface area contributed by atoms with Gasteiger partial charge in [0.25, 0.3) is 0 Å². The maximum absolute atomic E-state index is 6.05. The van der Waals surface area contributed by atoms with Gasteiger partial charge >= 0.3 is 0 Å². The van der Waals surface area contributed by atoms with Gasteiger partial charge in [-0.05, 0) is 32.7 Å². The number of hydrogen-bond acceptors (Lipinski definition) is 2. The maximum Gasteiger partial charge on any atom is 0.0306 e. The number of rotatable bonds is 10. The molecular formula is C15H32N2. The SMILES string of the molecule is CCCCCCCC(C)(CN)N(CC)C1CC1. The van der Waals surface area contributed by atoms with Gasteiger partial charge in [-0.25, -0.2) is 0 Å². The van der Waals surface area contributed by atoms with Crippen molar-refractivity contribution in [1.29, 1.82) is 0 Å². The van der Waals surface area contributed by atoms with Crippen LogP contribution in [0.2, 0.25) is 0 Å². The molecule has 0 heterocycles. The van der Waals surface area contributed by atoms with Crippen molar-refractivity contribution in [3.63, 3.8) is 0 Å². The number of nitrogens with two attached hydrogens (primary N) is 1. The van der Waals surface area contributed by atoms with Crippen molar-refractivity contribution in [2.45, 2.75) is 83.7 Å². The second kappa shape index (κ2) is 7.38. The van der Waals surface area contributed by atoms with Crippen LogP contribution in [0.4, 0.5) is 0 Å². The number of hydrogen-bond donors (Lipinski definition) is 1. The van der Waals surface area contributed by atoms with Gasteiger partial charge in [0, 0.05) is 18.1 Å². The predicted molar refractivity (Wildman–Crippen MR) is 76.2 cm³/mol. The van der Waals surface area contributed by atoms with Crippen molar-refractivity contribution >= 4 is 0 Å². The zero-order valence-electron chi connectivity index (χ0n) is 12.2. The zero-order chi connectivity index (χ0) is 12.7. The van der Waals surface area contributed by atoms with E-state index in [4.69, 9.17) is 5.73 Å². The minimum absolute atomic E-state index is 0.252. The molecular weight excluding hydrogens is 208 g/mol. The molecule has 1 saturated carbocycles. The molecule has 102 valence electrons. The van der Waals surface area contributed by atoms with Crippen LogP contribution in [0.5, 0.6) is 0 Å². The number of likely N-dealkylation sites (N-methyl/N-ethyl adjacent to an activating group) is 1. The van der Waals surface area contributed by atoms with E-state index >= 15 is 0 Å². The van der Waals surface area contributed by atoms with Gasteiger partial charge < -0.3 is 5.73 Å². The lowest BCUT2D eigenvalue weighted by atomic mass is 9.91. The van der Waals surface area contributed by atoms with E-state index in [1.165, 1.54) is 51.4 Å². The van der Waals surface area contributed by atoms with Crippen molar-refractivity contribution in [2.24, 2.45) is 5.73 Å². The Labute approximate surface area is 108 Å². The third-order valence-electron chi connectivity index (χ3n) is 4.28. The summed E-state index contributed by atoms with van der Waals surface area (Å²) in [6, 6.07) is 0.837. The second-order valence-corrected chi connectivity index (χ2v) is 5.88. The lowest BCUT2D eigenvalue weighted by molar-refractivity contribution is 0.0958. The summed E-state index contributed by atoms with van der Waals surface area (Å²) in [5.41, 5.74) is 6.30. The molecule has 17 heavy (non-hydrogen) atoms. The Morgan fingerprint density at radius 1 is 1.12 bits per heavy atom. The molecule has 0 aromatic heterocycles. The van der Waals surface area contributed by atoms with Crippen LogP contribution in [0.1, 0.15) is 72.1 Å². The first-order chi connectivity index (χ1) is 8.18. The smallest absolute Gasteiger partial charge is 0.0306 e. The summed E-state index contributed by atoms with van der Waals surface area (Å²) in [6.45, 7) is 8.90. The van der Waals surface area contributed by atoms with Crippen LogP contribution >= 0.6 is 0 Å². The molecule has 0 radical (unpaired) electrons. The lowest BCUT2D eigenvalue weighted by Gasteiger charge is -2.40. The molecule has 0 aliphatic heterocycles. The van der Waals surface area contributed by atoms with Gasteiger partial charge in [0.05, 0.1) is 0 Å². The first kappa shape index (κ1) is 15.0. The van der Waals surface area contributed by atoms with E-state index in [0.29, 0.717) is 0 Å². The minimum Gasteiger partial charge on any atom is -0.329 e. The summed E-state index contributed by atoms with van der Waals surface area (Å²) >= 11 is 0. The Hall–Kier alpha value is -0.0800. The molecule has 2 heteroatoms. The molecule has 2 N–H and O–H groups in total. The molecule has 0 spiro atoms. The zero-order valence-corrected chi connectivity index (χ0v) is 12.2. The van der Waals surface area contributed by atoms with Crippen LogP contribution in [0.15, 0.2) is 0 Å². The molecule has 1 aliphatic rings. The van der Waals surface area contributed by atoms with Crippen LogP contribution in [0.25, 0.3) is 0 Å². The Morgan fingerprint density at radius 3 is 2.24 bits per heavy atom. The molecule has 1 unspecified atom stereocenters. The standard InChI is InChI=1S/C15H32N2/c1-4-6-7-8-9-12-15(3,13-16)17(5-2)14-10-11-14/h14H,4-13,16H2,1-3H3. The van der Waals surface area contributed by atoms with E-state index in [-0.39, 0.29) is 5.54 Å². The van der Waals surface area contributed by atoms with Crippen molar-refractivity contribution in [1.82, 2.24) is 4.90 Å². The third kappa shape index (κ3) is 4.59. The lowest BCUT2D eigenvalue weighted by Crippen LogP contribution is -2.52. The molecule has 1 atom stereocenters. The van der Waals surface area contributed by atoms with Crippen molar-refractivity contribution in [3.05, 3.63) is 0 Å². The van der Waals surface area contributed by atoms with Crippen LogP contribution in [0.3, 0.4) is 0 Å². The summed E-state index contributed by atoms with van der Waals surface area (Å²) in [5, 5.41) is 0. The molecule has 0 bridgehead atoms. The van der Waals surface area contributed by atoms with Crippen LogP contribution in [-0.4, -0.2) is 29.6 Å². The van der Waals surface area contributed by atoms with Gasteiger partial charge in [-0.1, -0.05) is 46.0 Å². The van der Waals surface area contributed by atoms with Gasteiger partial charge in [-0.15, -0.1) is 0 Å². The highest BCUT2D eigenvalue weighted by Gasteiger charge is 2.38.